The van der Waals surface area contributed by atoms with Gasteiger partial charge in [0, 0.05) is 55.6 Å². The van der Waals surface area contributed by atoms with E-state index in [0.29, 0.717) is 0 Å². The van der Waals surface area contributed by atoms with Crippen molar-refractivity contribution in [2.24, 2.45) is 11.8 Å². The zero-order chi connectivity index (χ0) is 44.7. The van der Waals surface area contributed by atoms with Gasteiger partial charge in [-0.1, -0.05) is 146 Å². The third kappa shape index (κ3) is 7.41. The van der Waals surface area contributed by atoms with E-state index in [2.05, 4.69) is 210 Å². The Bertz CT molecular complexity index is 3410. The topological polar surface area (TPSA) is 30.6 Å². The second-order valence-corrected chi connectivity index (χ2v) is 19.0. The molecule has 330 valence electrons. The van der Waals surface area contributed by atoms with E-state index in [0.717, 1.165) is 41.7 Å². The van der Waals surface area contributed by atoms with Crippen LogP contribution >= 0.6 is 0 Å². The van der Waals surface area contributed by atoms with Crippen LogP contribution in [0.2, 0.25) is 0 Å². The molecule has 0 radical (unpaired) electrons. The number of aromatic amines is 1. The highest BCUT2D eigenvalue weighted by molar-refractivity contribution is 6.13. The lowest BCUT2D eigenvalue weighted by Gasteiger charge is -2.15. The molecule has 4 aromatic heterocycles. The second kappa shape index (κ2) is 17.9. The Kier molecular flexibility index (Phi) is 11.4. The van der Waals surface area contributed by atoms with Crippen molar-refractivity contribution < 1.29 is 0 Å². The SMILES string of the molecule is CCCCC(CC)Cc1ccc2c(c1)c1cc(CC(CC)CCCC)ccc1n2-c1ccc2c(c1)c1ccccc1n2-c1ccc(-n2c3ccc(-c4ccccc4)cc3c3cc[nH]c32)cc1. The van der Waals surface area contributed by atoms with Gasteiger partial charge >= 0.3 is 0 Å². The first-order valence-electron chi connectivity index (χ1n) is 24.9. The lowest BCUT2D eigenvalue weighted by Crippen LogP contribution is -2.03. The molecule has 7 aromatic carbocycles. The molecule has 2 atom stereocenters. The predicted octanol–water partition coefficient (Wildman–Crippen LogP) is 17.5. The van der Waals surface area contributed by atoms with Crippen LogP contribution in [0.4, 0.5) is 0 Å². The molecule has 0 fully saturated rings. The summed E-state index contributed by atoms with van der Waals surface area (Å²) in [4.78, 5) is 3.56. The van der Waals surface area contributed by atoms with Gasteiger partial charge in [0.05, 0.1) is 27.6 Å². The third-order valence-corrected chi connectivity index (χ3v) is 14.9. The van der Waals surface area contributed by atoms with Gasteiger partial charge < -0.3 is 14.1 Å². The molecule has 4 heterocycles. The van der Waals surface area contributed by atoms with Gasteiger partial charge in [0.1, 0.15) is 5.65 Å². The highest BCUT2D eigenvalue weighted by Crippen LogP contribution is 2.40. The minimum absolute atomic E-state index is 0.726. The molecule has 4 heteroatoms. The van der Waals surface area contributed by atoms with Gasteiger partial charge in [0.15, 0.2) is 0 Å². The van der Waals surface area contributed by atoms with Gasteiger partial charge in [-0.15, -0.1) is 0 Å². The van der Waals surface area contributed by atoms with E-state index in [1.165, 1.54) is 139 Å². The number of para-hydroxylation sites is 1. The lowest BCUT2D eigenvalue weighted by atomic mass is 9.90. The molecule has 1 N–H and O–H groups in total. The summed E-state index contributed by atoms with van der Waals surface area (Å²) in [5, 5.41) is 7.76. The Morgan fingerprint density at radius 2 is 0.894 bits per heavy atom. The Balaban J connectivity index is 1.00. The smallest absolute Gasteiger partial charge is 0.123 e. The Labute approximate surface area is 389 Å². The zero-order valence-electron chi connectivity index (χ0n) is 39.2. The number of hydrogen-bond donors (Lipinski definition) is 1. The summed E-state index contributed by atoms with van der Waals surface area (Å²) in [7, 11) is 0. The van der Waals surface area contributed by atoms with E-state index >= 15 is 0 Å². The highest BCUT2D eigenvalue weighted by atomic mass is 15.1. The largest absolute Gasteiger partial charge is 0.347 e. The number of hydrogen-bond acceptors (Lipinski definition) is 0. The average Bonchev–Trinajstić information content (AvgIpc) is 4.13. The van der Waals surface area contributed by atoms with Crippen molar-refractivity contribution in [1.82, 2.24) is 18.7 Å². The molecular formula is C62H62N4. The van der Waals surface area contributed by atoms with E-state index in [1.807, 2.05) is 0 Å². The van der Waals surface area contributed by atoms with Crippen molar-refractivity contribution in [1.29, 1.82) is 0 Å². The first-order valence-corrected chi connectivity index (χ1v) is 24.9. The van der Waals surface area contributed by atoms with Gasteiger partial charge in [0.2, 0.25) is 0 Å². The molecule has 0 spiro atoms. The Hall–Kier alpha value is -6.78. The zero-order valence-corrected chi connectivity index (χ0v) is 39.2. The first-order chi connectivity index (χ1) is 32.5. The molecule has 0 amide bonds. The molecule has 2 unspecified atom stereocenters. The van der Waals surface area contributed by atoms with Crippen molar-refractivity contribution >= 4 is 65.5 Å². The van der Waals surface area contributed by atoms with Crippen LogP contribution in [-0.2, 0) is 12.8 Å². The van der Waals surface area contributed by atoms with Crippen molar-refractivity contribution in [2.75, 3.05) is 0 Å². The maximum absolute atomic E-state index is 3.56. The van der Waals surface area contributed by atoms with E-state index in [1.54, 1.807) is 0 Å². The summed E-state index contributed by atoms with van der Waals surface area (Å²) in [5.41, 5.74) is 16.2. The standard InChI is InChI=1S/C62H62N4/c1-5-9-16-42(7-3)36-44-22-30-58-53(38-44)54-39-45(37-43(8-4)17-10-6-2)23-31-59(54)65(58)50-29-33-60-56(41-50)51-20-14-15-21-57(51)64(60)48-25-27-49(28-26-48)66-61-32-24-47(46-18-12-11-13-19-46)40-55(61)52-34-35-63-62(52)66/h11-15,18-35,38-43,63H,5-10,16-17,36-37H2,1-4H3. The molecule has 4 nitrogen and oxygen atoms in total. The molecule has 0 bridgehead atoms. The van der Waals surface area contributed by atoms with Crippen LogP contribution in [0.25, 0.3) is 93.7 Å². The molecule has 0 aliphatic carbocycles. The van der Waals surface area contributed by atoms with E-state index in [-0.39, 0.29) is 0 Å². The number of nitrogens with zero attached hydrogens (tertiary/aromatic N) is 3. The fraction of sp³-hybridized carbons (Fsp3) is 0.258. The number of benzene rings is 7. The van der Waals surface area contributed by atoms with Crippen LogP contribution in [-0.4, -0.2) is 18.7 Å². The molecule has 11 aromatic rings. The number of unbranched alkanes of at least 4 members (excludes halogenated alkanes) is 2. The molecule has 0 saturated heterocycles. The van der Waals surface area contributed by atoms with Gasteiger partial charge in [-0.3, -0.25) is 4.57 Å². The maximum Gasteiger partial charge on any atom is 0.123 e. The lowest BCUT2D eigenvalue weighted by molar-refractivity contribution is 0.449. The van der Waals surface area contributed by atoms with Gasteiger partial charge in [-0.2, -0.15) is 0 Å². The molecule has 66 heavy (non-hydrogen) atoms. The Morgan fingerprint density at radius 1 is 0.394 bits per heavy atom. The van der Waals surface area contributed by atoms with Gasteiger partial charge in [0.25, 0.3) is 0 Å². The van der Waals surface area contributed by atoms with Crippen LogP contribution in [0.1, 0.15) is 90.2 Å². The summed E-state index contributed by atoms with van der Waals surface area (Å²) in [6.07, 6.45) is 14.6. The van der Waals surface area contributed by atoms with Crippen LogP contribution in [0.5, 0.6) is 0 Å². The van der Waals surface area contributed by atoms with Crippen molar-refractivity contribution in [3.63, 3.8) is 0 Å². The average molecular weight is 863 g/mol. The molecular weight excluding hydrogens is 801 g/mol. The Morgan fingerprint density at radius 3 is 1.53 bits per heavy atom. The van der Waals surface area contributed by atoms with Crippen LogP contribution < -0.4 is 0 Å². The second-order valence-electron chi connectivity index (χ2n) is 19.0. The normalized spacial score (nSPS) is 13.0. The van der Waals surface area contributed by atoms with E-state index < -0.39 is 0 Å². The summed E-state index contributed by atoms with van der Waals surface area (Å²) in [5.74, 6) is 1.45. The van der Waals surface area contributed by atoms with E-state index in [9.17, 15) is 0 Å². The number of rotatable bonds is 16. The quantitative estimate of drug-likeness (QED) is 0.100. The predicted molar refractivity (Wildman–Crippen MR) is 283 cm³/mol. The summed E-state index contributed by atoms with van der Waals surface area (Å²) < 4.78 is 7.34. The van der Waals surface area contributed by atoms with Crippen molar-refractivity contribution in [3.05, 3.63) is 175 Å². The van der Waals surface area contributed by atoms with Crippen LogP contribution in [0.3, 0.4) is 0 Å². The molecule has 0 aliphatic heterocycles. The summed E-state index contributed by atoms with van der Waals surface area (Å²) >= 11 is 0. The third-order valence-electron chi connectivity index (χ3n) is 14.9. The number of nitrogens with one attached hydrogen (secondary N) is 1. The first kappa shape index (κ1) is 41.9. The molecule has 11 rings (SSSR count). The van der Waals surface area contributed by atoms with Crippen molar-refractivity contribution in [3.8, 4) is 28.2 Å². The monoisotopic (exact) mass is 862 g/mol. The van der Waals surface area contributed by atoms with E-state index in [4.69, 9.17) is 0 Å². The number of fused-ring (bicyclic) bond motifs is 9. The minimum atomic E-state index is 0.726. The minimum Gasteiger partial charge on any atom is -0.347 e. The summed E-state index contributed by atoms with van der Waals surface area (Å²) in [6, 6.07) is 59.6. The van der Waals surface area contributed by atoms with Crippen LogP contribution in [0, 0.1) is 11.8 Å². The molecule has 0 saturated carbocycles. The highest BCUT2D eigenvalue weighted by Gasteiger charge is 2.20. The van der Waals surface area contributed by atoms with Gasteiger partial charge in [-0.25, -0.2) is 0 Å². The fourth-order valence-electron chi connectivity index (χ4n) is 11.2. The van der Waals surface area contributed by atoms with Crippen molar-refractivity contribution in [2.45, 2.75) is 91.9 Å². The molecule has 0 aliphatic rings. The summed E-state index contributed by atoms with van der Waals surface area (Å²) in [6.45, 7) is 9.37. The van der Waals surface area contributed by atoms with Gasteiger partial charge in [-0.05, 0) is 138 Å². The van der Waals surface area contributed by atoms with Crippen LogP contribution in [0.15, 0.2) is 164 Å². The maximum atomic E-state index is 3.56. The number of H-pyrrole nitrogens is 1. The fourth-order valence-corrected chi connectivity index (χ4v) is 11.2. The number of aromatic nitrogens is 4.